The van der Waals surface area contributed by atoms with Gasteiger partial charge in [0, 0.05) is 19.0 Å². The summed E-state index contributed by atoms with van der Waals surface area (Å²) in [5.41, 5.74) is 7.91. The molecule has 0 spiro atoms. The minimum atomic E-state index is 0.178. The molecule has 4 nitrogen and oxygen atoms in total. The topological polar surface area (TPSA) is 62.3 Å². The van der Waals surface area contributed by atoms with Crippen molar-refractivity contribution >= 4 is 5.96 Å². The van der Waals surface area contributed by atoms with Gasteiger partial charge in [-0.3, -0.25) is 5.41 Å². The van der Waals surface area contributed by atoms with E-state index in [4.69, 9.17) is 15.9 Å². The van der Waals surface area contributed by atoms with Gasteiger partial charge in [0.2, 0.25) is 0 Å². The summed E-state index contributed by atoms with van der Waals surface area (Å²) in [4.78, 5) is 1.93. The van der Waals surface area contributed by atoms with Crippen LogP contribution in [-0.4, -0.2) is 30.6 Å². The number of hydrogen-bond donors (Lipinski definition) is 2. The summed E-state index contributed by atoms with van der Waals surface area (Å²) in [6, 6.07) is 6.20. The highest BCUT2D eigenvalue weighted by atomic mass is 16.5. The lowest BCUT2D eigenvalue weighted by molar-refractivity contribution is 0.172. The second kappa shape index (κ2) is 5.95. The lowest BCUT2D eigenvalue weighted by Crippen LogP contribution is -2.44. The molecule has 1 heterocycles. The zero-order valence-corrected chi connectivity index (χ0v) is 11.8. The van der Waals surface area contributed by atoms with Gasteiger partial charge >= 0.3 is 0 Å². The number of ether oxygens (including phenoxy) is 1. The molecule has 0 aromatic heterocycles. The van der Waals surface area contributed by atoms with Crippen LogP contribution in [0.1, 0.15) is 24.0 Å². The highest BCUT2D eigenvalue weighted by Gasteiger charge is 2.21. The molecule has 1 unspecified atom stereocenters. The van der Waals surface area contributed by atoms with E-state index in [0.717, 1.165) is 31.7 Å². The predicted molar refractivity (Wildman–Crippen MR) is 77.6 cm³/mol. The van der Waals surface area contributed by atoms with Crippen LogP contribution in [0.3, 0.4) is 0 Å². The molecule has 1 fully saturated rings. The summed E-state index contributed by atoms with van der Waals surface area (Å²) in [5.74, 6) is 1.64. The standard InChI is InChI=1S/C15H23N3O/c1-11-5-3-6-12(2)14(11)19-10-13-7-4-8-18(9-13)15(16)17/h3,5-6,13H,4,7-10H2,1-2H3,(H3,16,17). The Hall–Kier alpha value is -1.71. The van der Waals surface area contributed by atoms with Crippen LogP contribution in [0.2, 0.25) is 0 Å². The van der Waals surface area contributed by atoms with Crippen molar-refractivity contribution in [3.8, 4) is 5.75 Å². The fourth-order valence-electron chi connectivity index (χ4n) is 2.65. The molecule has 4 heteroatoms. The van der Waals surface area contributed by atoms with Crippen LogP contribution in [0.5, 0.6) is 5.75 Å². The Kier molecular flexibility index (Phi) is 4.30. The van der Waals surface area contributed by atoms with E-state index in [2.05, 4.69) is 32.0 Å². The van der Waals surface area contributed by atoms with Gasteiger partial charge in [-0.2, -0.15) is 0 Å². The first kappa shape index (κ1) is 13.7. The molecule has 0 radical (unpaired) electrons. The van der Waals surface area contributed by atoms with Gasteiger partial charge in [0.1, 0.15) is 5.75 Å². The van der Waals surface area contributed by atoms with Crippen LogP contribution in [0.4, 0.5) is 0 Å². The number of rotatable bonds is 3. The average molecular weight is 261 g/mol. The molecule has 104 valence electrons. The summed E-state index contributed by atoms with van der Waals surface area (Å²) >= 11 is 0. The van der Waals surface area contributed by atoms with Crippen molar-refractivity contribution in [3.05, 3.63) is 29.3 Å². The molecule has 0 aliphatic carbocycles. The van der Waals surface area contributed by atoms with Gasteiger partial charge in [0.25, 0.3) is 0 Å². The number of nitrogens with two attached hydrogens (primary N) is 1. The van der Waals surface area contributed by atoms with Gasteiger partial charge in [-0.05, 0) is 37.8 Å². The molecule has 3 N–H and O–H groups in total. The monoisotopic (exact) mass is 261 g/mol. The summed E-state index contributed by atoms with van der Waals surface area (Å²) in [7, 11) is 0. The highest BCUT2D eigenvalue weighted by molar-refractivity contribution is 5.74. The van der Waals surface area contributed by atoms with Crippen LogP contribution in [0.15, 0.2) is 18.2 Å². The third kappa shape index (κ3) is 3.40. The molecule has 0 amide bonds. The molecule has 0 saturated carbocycles. The SMILES string of the molecule is Cc1cccc(C)c1OCC1CCCN(C(=N)N)C1. The van der Waals surface area contributed by atoms with Crippen molar-refractivity contribution in [1.29, 1.82) is 5.41 Å². The average Bonchev–Trinajstić information content (AvgIpc) is 2.38. The Morgan fingerprint density at radius 3 is 2.74 bits per heavy atom. The van der Waals surface area contributed by atoms with Crippen molar-refractivity contribution in [2.75, 3.05) is 19.7 Å². The normalized spacial score (nSPS) is 19.3. The van der Waals surface area contributed by atoms with E-state index >= 15 is 0 Å². The second-order valence-corrected chi connectivity index (χ2v) is 5.37. The first-order chi connectivity index (χ1) is 9.08. The van der Waals surface area contributed by atoms with Gasteiger partial charge in [-0.25, -0.2) is 0 Å². The number of aryl methyl sites for hydroxylation is 2. The first-order valence-electron chi connectivity index (χ1n) is 6.86. The lowest BCUT2D eigenvalue weighted by Gasteiger charge is -2.33. The van der Waals surface area contributed by atoms with Crippen LogP contribution in [0.25, 0.3) is 0 Å². The molecule has 19 heavy (non-hydrogen) atoms. The molecular formula is C15H23N3O. The number of benzene rings is 1. The number of guanidine groups is 1. The Morgan fingerprint density at radius 2 is 2.11 bits per heavy atom. The fourth-order valence-corrected chi connectivity index (χ4v) is 2.65. The van der Waals surface area contributed by atoms with E-state index in [1.54, 1.807) is 0 Å². The molecule has 2 rings (SSSR count). The van der Waals surface area contributed by atoms with Gasteiger partial charge in [-0.1, -0.05) is 18.2 Å². The Morgan fingerprint density at radius 1 is 1.42 bits per heavy atom. The summed E-state index contributed by atoms with van der Waals surface area (Å²) < 4.78 is 6.00. The van der Waals surface area contributed by atoms with Crippen LogP contribution in [0, 0.1) is 25.2 Å². The molecule has 1 atom stereocenters. The van der Waals surface area contributed by atoms with Crippen molar-refractivity contribution < 1.29 is 4.74 Å². The zero-order chi connectivity index (χ0) is 13.8. The smallest absolute Gasteiger partial charge is 0.188 e. The summed E-state index contributed by atoms with van der Waals surface area (Å²) in [6.07, 6.45) is 2.23. The van der Waals surface area contributed by atoms with Crippen LogP contribution < -0.4 is 10.5 Å². The maximum atomic E-state index is 7.51. The van der Waals surface area contributed by atoms with Gasteiger partial charge < -0.3 is 15.4 Å². The van der Waals surface area contributed by atoms with Gasteiger partial charge in [-0.15, -0.1) is 0 Å². The van der Waals surface area contributed by atoms with Crippen LogP contribution in [-0.2, 0) is 0 Å². The van der Waals surface area contributed by atoms with Crippen molar-refractivity contribution in [1.82, 2.24) is 4.90 Å². The summed E-state index contributed by atoms with van der Waals surface area (Å²) in [6.45, 7) is 6.58. The zero-order valence-electron chi connectivity index (χ0n) is 11.8. The van der Waals surface area contributed by atoms with E-state index in [-0.39, 0.29) is 5.96 Å². The third-order valence-corrected chi connectivity index (χ3v) is 3.73. The van der Waals surface area contributed by atoms with E-state index in [1.807, 2.05) is 4.90 Å². The lowest BCUT2D eigenvalue weighted by atomic mass is 9.99. The Bertz CT molecular complexity index is 438. The van der Waals surface area contributed by atoms with E-state index < -0.39 is 0 Å². The second-order valence-electron chi connectivity index (χ2n) is 5.37. The van der Waals surface area contributed by atoms with Crippen molar-refractivity contribution in [3.63, 3.8) is 0 Å². The van der Waals surface area contributed by atoms with Gasteiger partial charge in [0.05, 0.1) is 6.61 Å². The number of para-hydroxylation sites is 1. The molecule has 1 aliphatic heterocycles. The maximum Gasteiger partial charge on any atom is 0.188 e. The van der Waals surface area contributed by atoms with Crippen molar-refractivity contribution in [2.24, 2.45) is 11.7 Å². The number of nitrogens with one attached hydrogen (secondary N) is 1. The van der Waals surface area contributed by atoms with E-state index in [1.165, 1.54) is 11.1 Å². The molecular weight excluding hydrogens is 238 g/mol. The molecule has 1 aliphatic rings. The summed E-state index contributed by atoms with van der Waals surface area (Å²) in [5, 5.41) is 7.51. The molecule has 1 aromatic carbocycles. The minimum absolute atomic E-state index is 0.178. The fraction of sp³-hybridized carbons (Fsp3) is 0.533. The third-order valence-electron chi connectivity index (χ3n) is 3.73. The van der Waals surface area contributed by atoms with E-state index in [0.29, 0.717) is 12.5 Å². The molecule has 1 saturated heterocycles. The molecule has 1 aromatic rings. The van der Waals surface area contributed by atoms with E-state index in [9.17, 15) is 0 Å². The molecule has 0 bridgehead atoms. The maximum absolute atomic E-state index is 7.51. The van der Waals surface area contributed by atoms with Gasteiger partial charge in [0.15, 0.2) is 5.96 Å². The Balaban J connectivity index is 1.93. The van der Waals surface area contributed by atoms with Crippen molar-refractivity contribution in [2.45, 2.75) is 26.7 Å². The largest absolute Gasteiger partial charge is 0.493 e. The number of piperidine rings is 1. The quantitative estimate of drug-likeness (QED) is 0.648. The first-order valence-corrected chi connectivity index (χ1v) is 6.86. The number of nitrogens with zero attached hydrogens (tertiary/aromatic N) is 1. The Labute approximate surface area is 115 Å². The number of hydrogen-bond acceptors (Lipinski definition) is 2. The van der Waals surface area contributed by atoms with Crippen LogP contribution >= 0.6 is 0 Å². The predicted octanol–water partition coefficient (Wildman–Crippen LogP) is 2.29. The highest BCUT2D eigenvalue weighted by Crippen LogP contribution is 2.24. The number of likely N-dealkylation sites (tertiary alicyclic amines) is 1. The minimum Gasteiger partial charge on any atom is -0.493 e.